The molecule has 1 aromatic rings. The summed E-state index contributed by atoms with van der Waals surface area (Å²) >= 11 is 0. The van der Waals surface area contributed by atoms with Gasteiger partial charge in [0.05, 0.1) is 26.9 Å². The van der Waals surface area contributed by atoms with E-state index in [1.54, 1.807) is 26.4 Å². The van der Waals surface area contributed by atoms with Crippen LogP contribution in [0.3, 0.4) is 0 Å². The van der Waals surface area contributed by atoms with Crippen LogP contribution in [0, 0.1) is 6.92 Å². The van der Waals surface area contributed by atoms with Gasteiger partial charge in [0, 0.05) is 11.1 Å². The molecule has 0 heterocycles. The van der Waals surface area contributed by atoms with Crippen LogP contribution in [0.4, 0.5) is 0 Å². The molecule has 19 heavy (non-hydrogen) atoms. The third-order valence-corrected chi connectivity index (χ3v) is 3.06. The zero-order valence-electron chi connectivity index (χ0n) is 11.8. The van der Waals surface area contributed by atoms with Crippen molar-refractivity contribution in [1.29, 1.82) is 0 Å². The van der Waals surface area contributed by atoms with Gasteiger partial charge in [0.25, 0.3) is 5.91 Å². The monoisotopic (exact) mass is 267 g/mol. The molecule has 0 saturated heterocycles. The SMILES string of the molecule is CC[C@H](CO)NC(=O)c1cc(OC)c(C)c(OC)c1. The van der Waals surface area contributed by atoms with Crippen LogP contribution >= 0.6 is 0 Å². The summed E-state index contributed by atoms with van der Waals surface area (Å²) < 4.78 is 10.5. The Balaban J connectivity index is 3.03. The second-order valence-corrected chi connectivity index (χ2v) is 4.27. The third kappa shape index (κ3) is 3.61. The average molecular weight is 267 g/mol. The van der Waals surface area contributed by atoms with E-state index in [4.69, 9.17) is 14.6 Å². The highest BCUT2D eigenvalue weighted by Gasteiger charge is 2.15. The van der Waals surface area contributed by atoms with Crippen molar-refractivity contribution >= 4 is 5.91 Å². The third-order valence-electron chi connectivity index (χ3n) is 3.06. The van der Waals surface area contributed by atoms with Crippen LogP contribution in [-0.4, -0.2) is 37.9 Å². The van der Waals surface area contributed by atoms with E-state index >= 15 is 0 Å². The number of benzene rings is 1. The second-order valence-electron chi connectivity index (χ2n) is 4.27. The zero-order valence-corrected chi connectivity index (χ0v) is 11.8. The van der Waals surface area contributed by atoms with E-state index in [0.29, 0.717) is 23.5 Å². The van der Waals surface area contributed by atoms with Crippen molar-refractivity contribution in [1.82, 2.24) is 5.32 Å². The number of carbonyl (C=O) groups is 1. The Morgan fingerprint density at radius 1 is 1.32 bits per heavy atom. The molecule has 1 atom stereocenters. The number of methoxy groups -OCH3 is 2. The van der Waals surface area contributed by atoms with Gasteiger partial charge in [-0.2, -0.15) is 0 Å². The van der Waals surface area contributed by atoms with E-state index in [9.17, 15) is 4.79 Å². The highest BCUT2D eigenvalue weighted by molar-refractivity contribution is 5.95. The number of carbonyl (C=O) groups excluding carboxylic acids is 1. The van der Waals surface area contributed by atoms with Crippen molar-refractivity contribution in [2.75, 3.05) is 20.8 Å². The van der Waals surface area contributed by atoms with Crippen molar-refractivity contribution in [3.05, 3.63) is 23.3 Å². The molecule has 0 radical (unpaired) electrons. The van der Waals surface area contributed by atoms with Gasteiger partial charge in [-0.3, -0.25) is 4.79 Å². The molecule has 0 aliphatic carbocycles. The summed E-state index contributed by atoms with van der Waals surface area (Å²) in [5.41, 5.74) is 1.29. The van der Waals surface area contributed by atoms with Crippen LogP contribution < -0.4 is 14.8 Å². The van der Waals surface area contributed by atoms with E-state index < -0.39 is 0 Å². The van der Waals surface area contributed by atoms with Crippen LogP contribution in [0.25, 0.3) is 0 Å². The summed E-state index contributed by atoms with van der Waals surface area (Å²) in [6.07, 6.45) is 0.669. The fourth-order valence-electron chi connectivity index (χ4n) is 1.76. The molecule has 5 nitrogen and oxygen atoms in total. The number of hydrogen-bond donors (Lipinski definition) is 2. The van der Waals surface area contributed by atoms with E-state index in [2.05, 4.69) is 5.32 Å². The summed E-state index contributed by atoms with van der Waals surface area (Å²) in [7, 11) is 3.10. The molecule has 0 saturated carbocycles. The Bertz CT molecular complexity index is 416. The Morgan fingerprint density at radius 3 is 2.21 bits per heavy atom. The van der Waals surface area contributed by atoms with Crippen LogP contribution in [0.15, 0.2) is 12.1 Å². The molecule has 106 valence electrons. The zero-order chi connectivity index (χ0) is 14.4. The minimum atomic E-state index is -0.252. The van der Waals surface area contributed by atoms with Gasteiger partial charge in [0.1, 0.15) is 11.5 Å². The number of ether oxygens (including phenoxy) is 2. The first kappa shape index (κ1) is 15.3. The van der Waals surface area contributed by atoms with Gasteiger partial charge < -0.3 is 19.9 Å². The molecule has 0 bridgehead atoms. The minimum absolute atomic E-state index is 0.0810. The number of hydrogen-bond acceptors (Lipinski definition) is 4. The van der Waals surface area contributed by atoms with Gasteiger partial charge in [-0.15, -0.1) is 0 Å². The summed E-state index contributed by atoms with van der Waals surface area (Å²) in [5.74, 6) is 0.945. The standard InChI is InChI=1S/C14H21NO4/c1-5-11(8-16)15-14(17)10-6-12(18-3)9(2)13(7-10)19-4/h6-7,11,16H,5,8H2,1-4H3,(H,15,17)/t11-/m1/s1. The molecule has 0 aromatic heterocycles. The number of rotatable bonds is 6. The Labute approximate surface area is 113 Å². The number of aliphatic hydroxyl groups excluding tert-OH is 1. The van der Waals surface area contributed by atoms with E-state index in [1.165, 1.54) is 0 Å². The van der Waals surface area contributed by atoms with Crippen LogP contribution in [0.1, 0.15) is 29.3 Å². The lowest BCUT2D eigenvalue weighted by Crippen LogP contribution is -2.36. The van der Waals surface area contributed by atoms with E-state index in [1.807, 2.05) is 13.8 Å². The topological polar surface area (TPSA) is 67.8 Å². The van der Waals surface area contributed by atoms with Gasteiger partial charge >= 0.3 is 0 Å². The van der Waals surface area contributed by atoms with Crippen molar-refractivity contribution in [3.63, 3.8) is 0 Å². The Morgan fingerprint density at radius 2 is 1.84 bits per heavy atom. The molecule has 0 aliphatic rings. The van der Waals surface area contributed by atoms with Crippen molar-refractivity contribution in [2.45, 2.75) is 26.3 Å². The molecule has 0 spiro atoms. The van der Waals surface area contributed by atoms with E-state index in [-0.39, 0.29) is 18.6 Å². The molecule has 5 heteroatoms. The number of amides is 1. The molecule has 0 fully saturated rings. The number of aliphatic hydroxyl groups is 1. The van der Waals surface area contributed by atoms with Crippen molar-refractivity contribution in [3.8, 4) is 11.5 Å². The summed E-state index contributed by atoms with van der Waals surface area (Å²) in [6.45, 7) is 3.68. The van der Waals surface area contributed by atoms with Gasteiger partial charge in [-0.25, -0.2) is 0 Å². The van der Waals surface area contributed by atoms with Crippen molar-refractivity contribution < 1.29 is 19.4 Å². The maximum atomic E-state index is 12.1. The van der Waals surface area contributed by atoms with E-state index in [0.717, 1.165) is 5.56 Å². The largest absolute Gasteiger partial charge is 0.496 e. The minimum Gasteiger partial charge on any atom is -0.496 e. The van der Waals surface area contributed by atoms with Crippen LogP contribution in [0.5, 0.6) is 11.5 Å². The molecule has 1 amide bonds. The number of nitrogens with one attached hydrogen (secondary N) is 1. The summed E-state index contributed by atoms with van der Waals surface area (Å²) in [5, 5.41) is 11.9. The molecular weight excluding hydrogens is 246 g/mol. The van der Waals surface area contributed by atoms with Gasteiger partial charge in [0.2, 0.25) is 0 Å². The predicted octanol–water partition coefficient (Wildman–Crippen LogP) is 1.51. The molecule has 0 unspecified atom stereocenters. The smallest absolute Gasteiger partial charge is 0.251 e. The first-order chi connectivity index (χ1) is 9.07. The van der Waals surface area contributed by atoms with Gasteiger partial charge in [-0.1, -0.05) is 6.92 Å². The van der Waals surface area contributed by atoms with Crippen LogP contribution in [-0.2, 0) is 0 Å². The predicted molar refractivity (Wildman–Crippen MR) is 72.9 cm³/mol. The van der Waals surface area contributed by atoms with Gasteiger partial charge in [-0.05, 0) is 25.5 Å². The van der Waals surface area contributed by atoms with Gasteiger partial charge in [0.15, 0.2) is 0 Å². The Hall–Kier alpha value is -1.75. The molecule has 1 aromatic carbocycles. The normalized spacial score (nSPS) is 11.8. The lowest BCUT2D eigenvalue weighted by atomic mass is 10.1. The second kappa shape index (κ2) is 6.99. The highest BCUT2D eigenvalue weighted by atomic mass is 16.5. The maximum absolute atomic E-state index is 12.1. The van der Waals surface area contributed by atoms with Crippen LogP contribution in [0.2, 0.25) is 0 Å². The fraction of sp³-hybridized carbons (Fsp3) is 0.500. The van der Waals surface area contributed by atoms with Crippen molar-refractivity contribution in [2.24, 2.45) is 0 Å². The average Bonchev–Trinajstić information content (AvgIpc) is 2.44. The fourth-order valence-corrected chi connectivity index (χ4v) is 1.76. The quantitative estimate of drug-likeness (QED) is 0.820. The molecular formula is C14H21NO4. The highest BCUT2D eigenvalue weighted by Crippen LogP contribution is 2.29. The molecule has 1 rings (SSSR count). The molecule has 2 N–H and O–H groups in total. The summed E-state index contributed by atoms with van der Waals surface area (Å²) in [6, 6.07) is 3.08. The first-order valence-electron chi connectivity index (χ1n) is 6.21. The maximum Gasteiger partial charge on any atom is 0.251 e. The molecule has 0 aliphatic heterocycles. The lowest BCUT2D eigenvalue weighted by molar-refractivity contribution is 0.0914. The summed E-state index contributed by atoms with van der Waals surface area (Å²) in [4.78, 5) is 12.1. The Kier molecular flexibility index (Phi) is 5.63. The first-order valence-corrected chi connectivity index (χ1v) is 6.21. The lowest BCUT2D eigenvalue weighted by Gasteiger charge is -2.16.